The molecule has 0 radical (unpaired) electrons. The highest BCUT2D eigenvalue weighted by Gasteiger charge is 2.19. The number of rotatable bonds is 8. The lowest BCUT2D eigenvalue weighted by Gasteiger charge is -2.15. The van der Waals surface area contributed by atoms with Crippen LogP contribution in [0.1, 0.15) is 17.3 Å². The zero-order chi connectivity index (χ0) is 19.8. The number of esters is 1. The molecule has 0 aromatic heterocycles. The second-order valence-electron chi connectivity index (χ2n) is 6.10. The largest absolute Gasteiger partial charge is 0.490 e. The molecule has 0 saturated heterocycles. The number of carbonyl (C=O) groups excluding carboxylic acids is 2. The third-order valence-corrected chi connectivity index (χ3v) is 3.76. The summed E-state index contributed by atoms with van der Waals surface area (Å²) < 4.78 is 10.6. The molecule has 6 nitrogen and oxygen atoms in total. The molecule has 0 fully saturated rings. The molecule has 0 bridgehead atoms. The Hall–Kier alpha value is -3.28. The SMILES string of the molecule is C=CCOc1ccc(C(=O)OC(C)C(=O)Nc2ccc(N(C)C)cc2)cc1. The lowest BCUT2D eigenvalue weighted by molar-refractivity contribution is -0.123. The van der Waals surface area contributed by atoms with Crippen LogP contribution in [-0.2, 0) is 9.53 Å². The van der Waals surface area contributed by atoms with E-state index in [1.807, 2.05) is 31.1 Å². The van der Waals surface area contributed by atoms with E-state index in [2.05, 4.69) is 11.9 Å². The lowest BCUT2D eigenvalue weighted by atomic mass is 10.2. The molecule has 0 heterocycles. The molecule has 1 atom stereocenters. The zero-order valence-electron chi connectivity index (χ0n) is 15.8. The Balaban J connectivity index is 1.90. The van der Waals surface area contributed by atoms with E-state index < -0.39 is 18.0 Å². The molecule has 1 N–H and O–H groups in total. The number of hydrogen-bond acceptors (Lipinski definition) is 5. The summed E-state index contributed by atoms with van der Waals surface area (Å²) in [5.41, 5.74) is 2.00. The van der Waals surface area contributed by atoms with E-state index >= 15 is 0 Å². The van der Waals surface area contributed by atoms with Crippen LogP contribution in [0.5, 0.6) is 5.75 Å². The van der Waals surface area contributed by atoms with Gasteiger partial charge in [-0.2, -0.15) is 0 Å². The van der Waals surface area contributed by atoms with E-state index in [1.54, 1.807) is 42.5 Å². The van der Waals surface area contributed by atoms with E-state index in [-0.39, 0.29) is 0 Å². The Kier molecular flexibility index (Phi) is 7.00. The molecule has 2 aromatic rings. The molecule has 2 rings (SSSR count). The summed E-state index contributed by atoms with van der Waals surface area (Å²) in [7, 11) is 3.88. The van der Waals surface area contributed by atoms with Crippen LogP contribution in [-0.4, -0.2) is 38.7 Å². The summed E-state index contributed by atoms with van der Waals surface area (Å²) in [5, 5.41) is 2.73. The Bertz CT molecular complexity index is 783. The van der Waals surface area contributed by atoms with Gasteiger partial charge in [0.25, 0.3) is 5.91 Å². The first-order chi connectivity index (χ1) is 12.9. The first-order valence-electron chi connectivity index (χ1n) is 8.53. The van der Waals surface area contributed by atoms with E-state index in [0.717, 1.165) is 5.69 Å². The van der Waals surface area contributed by atoms with Crippen molar-refractivity contribution in [3.8, 4) is 5.75 Å². The monoisotopic (exact) mass is 368 g/mol. The smallest absolute Gasteiger partial charge is 0.338 e. The van der Waals surface area contributed by atoms with Crippen molar-refractivity contribution in [1.82, 2.24) is 0 Å². The Morgan fingerprint density at radius 2 is 1.74 bits per heavy atom. The first-order valence-corrected chi connectivity index (χ1v) is 8.53. The number of ether oxygens (including phenoxy) is 2. The molecule has 0 saturated carbocycles. The van der Waals surface area contributed by atoms with E-state index in [9.17, 15) is 9.59 Å². The standard InChI is InChI=1S/C21H24N2O4/c1-5-14-26-19-12-6-16(7-13-19)21(25)27-15(2)20(24)22-17-8-10-18(11-9-17)23(3)4/h5-13,15H,1,14H2,2-4H3,(H,22,24). The molecule has 2 aromatic carbocycles. The minimum Gasteiger partial charge on any atom is -0.490 e. The van der Waals surface area contributed by atoms with Crippen LogP contribution >= 0.6 is 0 Å². The number of benzene rings is 2. The van der Waals surface area contributed by atoms with Crippen LogP contribution in [0.15, 0.2) is 61.2 Å². The average molecular weight is 368 g/mol. The first kappa shape index (κ1) is 20.0. The van der Waals surface area contributed by atoms with Crippen LogP contribution in [0.2, 0.25) is 0 Å². The molecule has 142 valence electrons. The van der Waals surface area contributed by atoms with Gasteiger partial charge in [0, 0.05) is 25.5 Å². The van der Waals surface area contributed by atoms with Gasteiger partial charge < -0.3 is 19.7 Å². The fourth-order valence-electron chi connectivity index (χ4n) is 2.21. The van der Waals surface area contributed by atoms with Gasteiger partial charge in [-0.3, -0.25) is 4.79 Å². The highest BCUT2D eigenvalue weighted by Crippen LogP contribution is 2.17. The number of anilines is 2. The predicted molar refractivity (Wildman–Crippen MR) is 106 cm³/mol. The van der Waals surface area contributed by atoms with Gasteiger partial charge in [-0.1, -0.05) is 12.7 Å². The number of carbonyl (C=O) groups is 2. The number of nitrogens with one attached hydrogen (secondary N) is 1. The molecule has 27 heavy (non-hydrogen) atoms. The molecule has 1 amide bonds. The fraction of sp³-hybridized carbons (Fsp3) is 0.238. The normalized spacial score (nSPS) is 11.2. The van der Waals surface area contributed by atoms with Crippen molar-refractivity contribution in [3.63, 3.8) is 0 Å². The average Bonchev–Trinajstić information content (AvgIpc) is 2.67. The van der Waals surface area contributed by atoms with Gasteiger partial charge in [-0.05, 0) is 55.5 Å². The van der Waals surface area contributed by atoms with Gasteiger partial charge in [0.15, 0.2) is 6.10 Å². The van der Waals surface area contributed by atoms with Gasteiger partial charge in [0.05, 0.1) is 5.56 Å². The molecule has 1 unspecified atom stereocenters. The number of hydrogen-bond donors (Lipinski definition) is 1. The van der Waals surface area contributed by atoms with Crippen molar-refractivity contribution >= 4 is 23.3 Å². The van der Waals surface area contributed by atoms with Crippen molar-refractivity contribution < 1.29 is 19.1 Å². The van der Waals surface area contributed by atoms with Gasteiger partial charge in [-0.25, -0.2) is 4.79 Å². The Morgan fingerprint density at radius 1 is 1.11 bits per heavy atom. The second-order valence-corrected chi connectivity index (χ2v) is 6.10. The molecule has 6 heteroatoms. The fourth-order valence-corrected chi connectivity index (χ4v) is 2.21. The van der Waals surface area contributed by atoms with E-state index in [0.29, 0.717) is 23.6 Å². The highest BCUT2D eigenvalue weighted by atomic mass is 16.5. The molecular formula is C21H24N2O4. The minimum absolute atomic E-state index is 0.343. The van der Waals surface area contributed by atoms with Gasteiger partial charge in [0.1, 0.15) is 12.4 Å². The minimum atomic E-state index is -0.928. The predicted octanol–water partition coefficient (Wildman–Crippen LogP) is 3.50. The van der Waals surface area contributed by atoms with Crippen LogP contribution in [0, 0.1) is 0 Å². The summed E-state index contributed by atoms with van der Waals surface area (Å²) in [6.07, 6.45) is 0.707. The maximum Gasteiger partial charge on any atom is 0.338 e. The summed E-state index contributed by atoms with van der Waals surface area (Å²) >= 11 is 0. The molecule has 0 spiro atoms. The van der Waals surface area contributed by atoms with Crippen LogP contribution in [0.4, 0.5) is 11.4 Å². The lowest BCUT2D eigenvalue weighted by Crippen LogP contribution is -2.30. The third kappa shape index (κ3) is 5.88. The van der Waals surface area contributed by atoms with Crippen LogP contribution < -0.4 is 15.0 Å². The third-order valence-electron chi connectivity index (χ3n) is 3.76. The summed E-state index contributed by atoms with van der Waals surface area (Å²) in [5.74, 6) is -0.346. The van der Waals surface area contributed by atoms with Crippen molar-refractivity contribution in [2.24, 2.45) is 0 Å². The number of nitrogens with zero attached hydrogens (tertiary/aromatic N) is 1. The molecule has 0 aliphatic heterocycles. The maximum absolute atomic E-state index is 12.2. The van der Waals surface area contributed by atoms with Crippen LogP contribution in [0.3, 0.4) is 0 Å². The van der Waals surface area contributed by atoms with E-state index in [1.165, 1.54) is 6.92 Å². The summed E-state index contributed by atoms with van der Waals surface area (Å²) in [6, 6.07) is 13.9. The van der Waals surface area contributed by atoms with Crippen molar-refractivity contribution in [3.05, 3.63) is 66.7 Å². The highest BCUT2D eigenvalue weighted by molar-refractivity contribution is 5.97. The van der Waals surface area contributed by atoms with Gasteiger partial charge in [0.2, 0.25) is 0 Å². The Morgan fingerprint density at radius 3 is 2.30 bits per heavy atom. The topological polar surface area (TPSA) is 67.9 Å². The van der Waals surface area contributed by atoms with Crippen molar-refractivity contribution in [2.75, 3.05) is 30.9 Å². The second kappa shape index (κ2) is 9.43. The number of amides is 1. The van der Waals surface area contributed by atoms with Gasteiger partial charge in [-0.15, -0.1) is 0 Å². The van der Waals surface area contributed by atoms with E-state index in [4.69, 9.17) is 9.47 Å². The van der Waals surface area contributed by atoms with Crippen molar-refractivity contribution in [2.45, 2.75) is 13.0 Å². The molecular weight excluding hydrogens is 344 g/mol. The van der Waals surface area contributed by atoms with Crippen LogP contribution in [0.25, 0.3) is 0 Å². The molecule has 0 aliphatic carbocycles. The summed E-state index contributed by atoms with van der Waals surface area (Å²) in [4.78, 5) is 26.4. The molecule has 0 aliphatic rings. The maximum atomic E-state index is 12.2. The quantitative estimate of drug-likeness (QED) is 0.571. The van der Waals surface area contributed by atoms with Gasteiger partial charge >= 0.3 is 5.97 Å². The van der Waals surface area contributed by atoms with Crippen molar-refractivity contribution in [1.29, 1.82) is 0 Å². The summed E-state index contributed by atoms with van der Waals surface area (Å²) in [6.45, 7) is 5.49. The zero-order valence-corrected chi connectivity index (χ0v) is 15.8. The Labute approximate surface area is 159 Å².